The first-order valence-electron chi connectivity index (χ1n) is 6.63. The van der Waals surface area contributed by atoms with Crippen LogP contribution in [0, 0.1) is 0 Å². The first-order chi connectivity index (χ1) is 10.1. The van der Waals surface area contributed by atoms with Gasteiger partial charge in [0, 0.05) is 4.88 Å². The standard InChI is InChI=1S/C15H14N2O3S/c1-2-10(12-7-4-8-21-12)17-11-6-3-5-9(14(18)19)13(11)16-15(17)20/h3-8,10H,2H2,1H3,(H,16,20)(H,18,19). The van der Waals surface area contributed by atoms with Gasteiger partial charge in [-0.2, -0.15) is 0 Å². The van der Waals surface area contributed by atoms with Crippen LogP contribution in [-0.2, 0) is 0 Å². The summed E-state index contributed by atoms with van der Waals surface area (Å²) in [5.74, 6) is -1.04. The highest BCUT2D eigenvalue weighted by molar-refractivity contribution is 7.10. The van der Waals surface area contributed by atoms with Crippen LogP contribution in [0.2, 0.25) is 0 Å². The van der Waals surface area contributed by atoms with Crippen LogP contribution in [0.15, 0.2) is 40.5 Å². The van der Waals surface area contributed by atoms with Gasteiger partial charge in [0.05, 0.1) is 22.6 Å². The molecule has 2 heterocycles. The van der Waals surface area contributed by atoms with E-state index in [0.717, 1.165) is 11.3 Å². The number of carbonyl (C=O) groups is 1. The molecule has 21 heavy (non-hydrogen) atoms. The Morgan fingerprint density at radius 3 is 2.81 bits per heavy atom. The molecular formula is C15H14N2O3S. The summed E-state index contributed by atoms with van der Waals surface area (Å²) in [6.45, 7) is 2.01. The highest BCUT2D eigenvalue weighted by Gasteiger charge is 2.20. The van der Waals surface area contributed by atoms with Crippen LogP contribution in [0.4, 0.5) is 0 Å². The summed E-state index contributed by atoms with van der Waals surface area (Å²) < 4.78 is 1.65. The van der Waals surface area contributed by atoms with Gasteiger partial charge in [0.2, 0.25) is 0 Å². The van der Waals surface area contributed by atoms with Crippen molar-refractivity contribution in [3.05, 3.63) is 56.6 Å². The second-order valence-electron chi connectivity index (χ2n) is 4.74. The van der Waals surface area contributed by atoms with E-state index in [-0.39, 0.29) is 17.3 Å². The van der Waals surface area contributed by atoms with Gasteiger partial charge in [0.1, 0.15) is 0 Å². The largest absolute Gasteiger partial charge is 0.478 e. The van der Waals surface area contributed by atoms with Gasteiger partial charge >= 0.3 is 11.7 Å². The number of aromatic amines is 1. The third kappa shape index (κ3) is 2.17. The molecule has 108 valence electrons. The number of benzene rings is 1. The number of fused-ring (bicyclic) bond motifs is 1. The van der Waals surface area contributed by atoms with Crippen LogP contribution in [-0.4, -0.2) is 20.6 Å². The third-order valence-corrected chi connectivity index (χ3v) is 4.53. The molecule has 0 aliphatic carbocycles. The Balaban J connectivity index is 2.28. The Morgan fingerprint density at radius 2 is 2.19 bits per heavy atom. The number of aromatic carboxylic acids is 1. The number of thiophene rings is 1. The number of hydrogen-bond donors (Lipinski definition) is 2. The number of H-pyrrole nitrogens is 1. The van der Waals surface area contributed by atoms with Crippen LogP contribution < -0.4 is 5.69 Å². The lowest BCUT2D eigenvalue weighted by molar-refractivity contribution is 0.0699. The molecule has 0 aliphatic heterocycles. The maximum Gasteiger partial charge on any atom is 0.337 e. The fourth-order valence-electron chi connectivity index (χ4n) is 2.63. The molecule has 0 saturated carbocycles. The van der Waals surface area contributed by atoms with Crippen molar-refractivity contribution in [2.45, 2.75) is 19.4 Å². The summed E-state index contributed by atoms with van der Waals surface area (Å²) in [6.07, 6.45) is 0.755. The van der Waals surface area contributed by atoms with Crippen LogP contribution in [0.3, 0.4) is 0 Å². The molecule has 2 aromatic heterocycles. The number of aromatic nitrogens is 2. The number of nitrogens with zero attached hydrogens (tertiary/aromatic N) is 1. The predicted molar refractivity (Wildman–Crippen MR) is 82.3 cm³/mol. The van der Waals surface area contributed by atoms with Gasteiger partial charge in [-0.3, -0.25) is 4.57 Å². The van der Waals surface area contributed by atoms with Gasteiger partial charge in [-0.25, -0.2) is 9.59 Å². The average molecular weight is 302 g/mol. The molecule has 6 heteroatoms. The Labute approximate surface area is 124 Å². The van der Waals surface area contributed by atoms with Gasteiger partial charge in [-0.05, 0) is 30.0 Å². The summed E-state index contributed by atoms with van der Waals surface area (Å²) in [7, 11) is 0. The van der Waals surface area contributed by atoms with E-state index in [1.54, 1.807) is 28.0 Å². The predicted octanol–water partition coefficient (Wildman–Crippen LogP) is 3.09. The molecular weight excluding hydrogens is 288 g/mol. The Bertz CT molecular complexity index is 846. The molecule has 1 atom stereocenters. The fraction of sp³-hybridized carbons (Fsp3) is 0.200. The normalized spacial score (nSPS) is 12.6. The molecule has 0 spiro atoms. The van der Waals surface area contributed by atoms with E-state index in [9.17, 15) is 14.7 Å². The van der Waals surface area contributed by atoms with E-state index < -0.39 is 5.97 Å². The van der Waals surface area contributed by atoms with Crippen molar-refractivity contribution in [3.8, 4) is 0 Å². The van der Waals surface area contributed by atoms with Crippen molar-refractivity contribution in [3.63, 3.8) is 0 Å². The maximum atomic E-state index is 12.3. The minimum atomic E-state index is -1.04. The topological polar surface area (TPSA) is 75.1 Å². The van der Waals surface area contributed by atoms with Gasteiger partial charge in [0.25, 0.3) is 0 Å². The molecule has 0 aliphatic rings. The minimum Gasteiger partial charge on any atom is -0.478 e. The molecule has 3 aromatic rings. The fourth-order valence-corrected chi connectivity index (χ4v) is 3.53. The molecule has 1 unspecified atom stereocenters. The lowest BCUT2D eigenvalue weighted by Gasteiger charge is -2.15. The quantitative estimate of drug-likeness (QED) is 0.777. The molecule has 5 nitrogen and oxygen atoms in total. The number of rotatable bonds is 4. The maximum absolute atomic E-state index is 12.3. The summed E-state index contributed by atoms with van der Waals surface area (Å²) in [5.41, 5.74) is 0.841. The molecule has 1 aromatic carbocycles. The van der Waals surface area contributed by atoms with E-state index in [1.165, 1.54) is 6.07 Å². The molecule has 0 fully saturated rings. The zero-order valence-corrected chi connectivity index (χ0v) is 12.2. The number of para-hydroxylation sites is 1. The van der Waals surface area contributed by atoms with Gasteiger partial charge < -0.3 is 10.1 Å². The summed E-state index contributed by atoms with van der Waals surface area (Å²) in [4.78, 5) is 27.4. The SMILES string of the molecule is CCC(c1cccs1)n1c(=O)[nH]c2c(C(=O)O)cccc21. The van der Waals surface area contributed by atoms with Gasteiger partial charge in [0.15, 0.2) is 0 Å². The molecule has 0 saturated heterocycles. The molecule has 0 amide bonds. The van der Waals surface area contributed by atoms with Gasteiger partial charge in [-0.15, -0.1) is 11.3 Å². The number of imidazole rings is 1. The Kier molecular flexibility index (Phi) is 3.39. The second kappa shape index (κ2) is 5.21. The first kappa shape index (κ1) is 13.6. The minimum absolute atomic E-state index is 0.0877. The van der Waals surface area contributed by atoms with Crippen molar-refractivity contribution in [1.29, 1.82) is 0 Å². The van der Waals surface area contributed by atoms with E-state index in [4.69, 9.17) is 0 Å². The summed E-state index contributed by atoms with van der Waals surface area (Å²) in [5, 5.41) is 11.2. The summed E-state index contributed by atoms with van der Waals surface area (Å²) in [6, 6.07) is 8.79. The monoisotopic (exact) mass is 302 g/mol. The van der Waals surface area contributed by atoms with Crippen molar-refractivity contribution in [2.75, 3.05) is 0 Å². The lowest BCUT2D eigenvalue weighted by Crippen LogP contribution is -2.22. The number of carboxylic acid groups (broad SMARTS) is 1. The van der Waals surface area contributed by atoms with E-state index >= 15 is 0 Å². The second-order valence-corrected chi connectivity index (χ2v) is 5.72. The molecule has 0 radical (unpaired) electrons. The molecule has 3 rings (SSSR count). The zero-order valence-electron chi connectivity index (χ0n) is 11.4. The number of nitrogens with one attached hydrogen (secondary N) is 1. The van der Waals surface area contributed by atoms with Crippen molar-refractivity contribution >= 4 is 28.3 Å². The highest BCUT2D eigenvalue weighted by Crippen LogP contribution is 2.28. The highest BCUT2D eigenvalue weighted by atomic mass is 32.1. The molecule has 2 N–H and O–H groups in total. The van der Waals surface area contributed by atoms with Crippen molar-refractivity contribution < 1.29 is 9.90 Å². The van der Waals surface area contributed by atoms with E-state index in [0.29, 0.717) is 11.0 Å². The number of hydrogen-bond acceptors (Lipinski definition) is 3. The zero-order chi connectivity index (χ0) is 15.0. The average Bonchev–Trinajstić information content (AvgIpc) is 3.08. The van der Waals surface area contributed by atoms with E-state index in [1.807, 2.05) is 24.4 Å². The van der Waals surface area contributed by atoms with Crippen molar-refractivity contribution in [2.24, 2.45) is 0 Å². The Hall–Kier alpha value is -2.34. The number of carboxylic acids is 1. The first-order valence-corrected chi connectivity index (χ1v) is 7.51. The van der Waals surface area contributed by atoms with Crippen LogP contribution in [0.5, 0.6) is 0 Å². The van der Waals surface area contributed by atoms with Crippen LogP contribution in [0.1, 0.15) is 34.6 Å². The third-order valence-electron chi connectivity index (χ3n) is 3.55. The van der Waals surface area contributed by atoms with Gasteiger partial charge in [-0.1, -0.05) is 19.1 Å². The summed E-state index contributed by atoms with van der Waals surface area (Å²) >= 11 is 1.59. The van der Waals surface area contributed by atoms with Crippen LogP contribution >= 0.6 is 11.3 Å². The van der Waals surface area contributed by atoms with Crippen LogP contribution in [0.25, 0.3) is 11.0 Å². The lowest BCUT2D eigenvalue weighted by atomic mass is 10.1. The van der Waals surface area contributed by atoms with Crippen molar-refractivity contribution in [1.82, 2.24) is 9.55 Å². The Morgan fingerprint density at radius 1 is 1.38 bits per heavy atom. The van der Waals surface area contributed by atoms with E-state index in [2.05, 4.69) is 4.98 Å². The smallest absolute Gasteiger partial charge is 0.337 e. The molecule has 0 bridgehead atoms.